The molecule has 1 saturated heterocycles. The van der Waals surface area contributed by atoms with Crippen LogP contribution >= 0.6 is 0 Å². The van der Waals surface area contributed by atoms with Crippen LogP contribution in [0.2, 0.25) is 0 Å². The summed E-state index contributed by atoms with van der Waals surface area (Å²) >= 11 is 0. The number of imidazole rings is 1. The predicted octanol–water partition coefficient (Wildman–Crippen LogP) is 1.65. The first kappa shape index (κ1) is 17.4. The smallest absolute Gasteiger partial charge is 0.321 e. The fraction of sp³-hybridized carbons (Fsp3) is 0.375. The quantitative estimate of drug-likeness (QED) is 0.866. The second-order valence-corrected chi connectivity index (χ2v) is 7.87. The summed E-state index contributed by atoms with van der Waals surface area (Å²) in [6.07, 6.45) is 3.21. The van der Waals surface area contributed by atoms with Crippen molar-refractivity contribution in [2.45, 2.75) is 18.4 Å². The summed E-state index contributed by atoms with van der Waals surface area (Å²) in [7, 11) is -3.60. The summed E-state index contributed by atoms with van der Waals surface area (Å²) in [5.74, 6) is 0. The van der Waals surface area contributed by atoms with Crippen LogP contribution in [0.15, 0.2) is 41.8 Å². The van der Waals surface area contributed by atoms with Crippen molar-refractivity contribution in [2.75, 3.05) is 31.5 Å². The van der Waals surface area contributed by atoms with Gasteiger partial charge in [0.05, 0.1) is 12.5 Å². The number of sulfonamides is 1. The van der Waals surface area contributed by atoms with E-state index in [1.165, 1.54) is 16.8 Å². The second kappa shape index (κ2) is 7.24. The average molecular weight is 363 g/mol. The molecule has 0 spiro atoms. The number of aryl methyl sites for hydroxylation is 1. The third-order valence-electron chi connectivity index (χ3n) is 4.10. The standard InChI is InChI=1S/C16H21N5O3S/c1-13-4-2-5-14(10-13)19-16(22)20-6-3-7-21(9-8-20)25(23,24)15-11-17-12-18-15/h2,4-5,10-12H,3,6-9H2,1H3,(H,17,18)(H,19,22). The van der Waals surface area contributed by atoms with Crippen molar-refractivity contribution in [3.05, 3.63) is 42.4 Å². The highest BCUT2D eigenvalue weighted by Crippen LogP contribution is 2.16. The van der Waals surface area contributed by atoms with Gasteiger partial charge in [-0.05, 0) is 31.0 Å². The lowest BCUT2D eigenvalue weighted by Gasteiger charge is -2.22. The van der Waals surface area contributed by atoms with Gasteiger partial charge in [0.1, 0.15) is 0 Å². The Morgan fingerprint density at radius 1 is 1.24 bits per heavy atom. The number of carbonyl (C=O) groups is 1. The number of carbonyl (C=O) groups excluding carboxylic acids is 1. The highest BCUT2D eigenvalue weighted by atomic mass is 32.2. The first-order valence-electron chi connectivity index (χ1n) is 8.08. The number of urea groups is 1. The summed E-state index contributed by atoms with van der Waals surface area (Å²) in [5.41, 5.74) is 1.79. The van der Waals surface area contributed by atoms with Crippen LogP contribution in [0.25, 0.3) is 0 Å². The van der Waals surface area contributed by atoms with Crippen LogP contribution in [-0.2, 0) is 10.0 Å². The molecule has 0 atom stereocenters. The number of hydrogen-bond donors (Lipinski definition) is 2. The number of H-pyrrole nitrogens is 1. The van der Waals surface area contributed by atoms with Gasteiger partial charge in [0.15, 0.2) is 5.03 Å². The molecule has 0 aliphatic carbocycles. The van der Waals surface area contributed by atoms with E-state index >= 15 is 0 Å². The minimum absolute atomic E-state index is 0.0742. The fourth-order valence-electron chi connectivity index (χ4n) is 2.79. The molecule has 2 amide bonds. The molecule has 9 heteroatoms. The Hall–Kier alpha value is -2.39. The molecular formula is C16H21N5O3S. The zero-order valence-corrected chi connectivity index (χ0v) is 14.8. The van der Waals surface area contributed by atoms with E-state index in [4.69, 9.17) is 0 Å². The summed E-state index contributed by atoms with van der Waals surface area (Å²) in [6, 6.07) is 7.35. The summed E-state index contributed by atoms with van der Waals surface area (Å²) in [6.45, 7) is 3.43. The molecule has 1 aliphatic rings. The van der Waals surface area contributed by atoms with Crippen LogP contribution in [0, 0.1) is 6.92 Å². The van der Waals surface area contributed by atoms with Gasteiger partial charge in [-0.1, -0.05) is 12.1 Å². The van der Waals surface area contributed by atoms with Crippen LogP contribution in [0.1, 0.15) is 12.0 Å². The Kier molecular flexibility index (Phi) is 5.05. The van der Waals surface area contributed by atoms with Gasteiger partial charge in [-0.2, -0.15) is 4.31 Å². The zero-order chi connectivity index (χ0) is 17.9. The van der Waals surface area contributed by atoms with Gasteiger partial charge in [0.2, 0.25) is 0 Å². The maximum atomic E-state index is 12.5. The van der Waals surface area contributed by atoms with Crippen LogP contribution in [0.3, 0.4) is 0 Å². The van der Waals surface area contributed by atoms with Crippen LogP contribution in [0.5, 0.6) is 0 Å². The topological polar surface area (TPSA) is 98.4 Å². The first-order chi connectivity index (χ1) is 12.0. The SMILES string of the molecule is Cc1cccc(NC(=O)N2CCCN(S(=O)(=O)c3cnc[nH]3)CC2)c1. The maximum Gasteiger partial charge on any atom is 0.321 e. The van der Waals surface area contributed by atoms with Gasteiger partial charge in [0.25, 0.3) is 10.0 Å². The molecule has 2 N–H and O–H groups in total. The van der Waals surface area contributed by atoms with Crippen molar-refractivity contribution in [1.29, 1.82) is 0 Å². The van der Waals surface area contributed by atoms with Gasteiger partial charge >= 0.3 is 6.03 Å². The molecule has 134 valence electrons. The molecule has 3 rings (SSSR count). The lowest BCUT2D eigenvalue weighted by atomic mass is 10.2. The van der Waals surface area contributed by atoms with Crippen molar-refractivity contribution in [1.82, 2.24) is 19.2 Å². The van der Waals surface area contributed by atoms with E-state index in [1.54, 1.807) is 4.90 Å². The predicted molar refractivity (Wildman–Crippen MR) is 93.7 cm³/mol. The van der Waals surface area contributed by atoms with Crippen molar-refractivity contribution >= 4 is 21.7 Å². The number of amides is 2. The van der Waals surface area contributed by atoms with E-state index in [0.717, 1.165) is 11.3 Å². The lowest BCUT2D eigenvalue weighted by Crippen LogP contribution is -2.39. The minimum Gasteiger partial charge on any atom is -0.335 e. The highest BCUT2D eigenvalue weighted by Gasteiger charge is 2.29. The van der Waals surface area contributed by atoms with E-state index in [9.17, 15) is 13.2 Å². The Morgan fingerprint density at radius 2 is 2.08 bits per heavy atom. The number of nitrogens with one attached hydrogen (secondary N) is 2. The number of hydrogen-bond acceptors (Lipinski definition) is 4. The minimum atomic E-state index is -3.60. The maximum absolute atomic E-state index is 12.5. The lowest BCUT2D eigenvalue weighted by molar-refractivity contribution is 0.214. The fourth-order valence-corrected chi connectivity index (χ4v) is 4.15. The largest absolute Gasteiger partial charge is 0.335 e. The van der Waals surface area contributed by atoms with E-state index in [1.807, 2.05) is 31.2 Å². The molecule has 0 unspecified atom stereocenters. The molecule has 2 heterocycles. The van der Waals surface area contributed by atoms with Crippen molar-refractivity contribution in [3.63, 3.8) is 0 Å². The third kappa shape index (κ3) is 3.99. The second-order valence-electron chi connectivity index (χ2n) is 5.96. The van der Waals surface area contributed by atoms with Gasteiger partial charge in [-0.15, -0.1) is 0 Å². The molecule has 1 aliphatic heterocycles. The van der Waals surface area contributed by atoms with E-state index in [2.05, 4.69) is 15.3 Å². The Labute approximate surface area is 146 Å². The molecule has 8 nitrogen and oxygen atoms in total. The molecule has 0 radical (unpaired) electrons. The van der Waals surface area contributed by atoms with Crippen LogP contribution < -0.4 is 5.32 Å². The normalized spacial score (nSPS) is 16.4. The highest BCUT2D eigenvalue weighted by molar-refractivity contribution is 7.89. The van der Waals surface area contributed by atoms with Crippen molar-refractivity contribution in [3.8, 4) is 0 Å². The number of anilines is 1. The van der Waals surface area contributed by atoms with Gasteiger partial charge in [0, 0.05) is 31.9 Å². The summed E-state index contributed by atoms with van der Waals surface area (Å²) in [5, 5.41) is 2.94. The Bertz CT molecular complexity index is 835. The number of rotatable bonds is 3. The summed E-state index contributed by atoms with van der Waals surface area (Å²) in [4.78, 5) is 20.5. The average Bonchev–Trinajstić information content (AvgIpc) is 3.00. The molecule has 1 fully saturated rings. The molecule has 0 saturated carbocycles. The van der Waals surface area contributed by atoms with Crippen LogP contribution in [0.4, 0.5) is 10.5 Å². The molecule has 25 heavy (non-hydrogen) atoms. The third-order valence-corrected chi connectivity index (χ3v) is 5.93. The number of aromatic amines is 1. The van der Waals surface area contributed by atoms with Gasteiger partial charge in [-0.25, -0.2) is 18.2 Å². The zero-order valence-electron chi connectivity index (χ0n) is 14.0. The van der Waals surface area contributed by atoms with Crippen molar-refractivity contribution < 1.29 is 13.2 Å². The van der Waals surface area contributed by atoms with E-state index in [0.29, 0.717) is 26.1 Å². The summed E-state index contributed by atoms with van der Waals surface area (Å²) < 4.78 is 26.5. The van der Waals surface area contributed by atoms with E-state index in [-0.39, 0.29) is 17.6 Å². The molecular weight excluding hydrogens is 342 g/mol. The molecule has 1 aromatic carbocycles. The van der Waals surface area contributed by atoms with Crippen molar-refractivity contribution in [2.24, 2.45) is 0 Å². The van der Waals surface area contributed by atoms with Crippen LogP contribution in [-0.4, -0.2) is 59.8 Å². The van der Waals surface area contributed by atoms with E-state index < -0.39 is 10.0 Å². The molecule has 1 aromatic heterocycles. The molecule has 0 bridgehead atoms. The van der Waals surface area contributed by atoms with Gasteiger partial charge < -0.3 is 15.2 Å². The monoisotopic (exact) mass is 363 g/mol. The number of aromatic nitrogens is 2. The molecule has 2 aromatic rings. The Balaban J connectivity index is 1.64. The van der Waals surface area contributed by atoms with Gasteiger partial charge in [-0.3, -0.25) is 0 Å². The number of benzene rings is 1. The first-order valence-corrected chi connectivity index (χ1v) is 9.52. The number of nitrogens with zero attached hydrogens (tertiary/aromatic N) is 3. The Morgan fingerprint density at radius 3 is 2.80 bits per heavy atom.